The lowest BCUT2D eigenvalue weighted by Gasteiger charge is -2.10. The van der Waals surface area contributed by atoms with Crippen molar-refractivity contribution in [3.05, 3.63) is 10.1 Å². The van der Waals surface area contributed by atoms with Crippen LogP contribution in [0.3, 0.4) is 0 Å². The van der Waals surface area contributed by atoms with Crippen LogP contribution in [-0.2, 0) is 4.74 Å². The summed E-state index contributed by atoms with van der Waals surface area (Å²) < 4.78 is 5.04. The van der Waals surface area contributed by atoms with Crippen LogP contribution >= 0.6 is 0 Å². The van der Waals surface area contributed by atoms with Crippen molar-refractivity contribution in [3.63, 3.8) is 0 Å². The molecular formula is C10H18N6O5. The second-order valence-corrected chi connectivity index (χ2v) is 3.80. The van der Waals surface area contributed by atoms with Crippen molar-refractivity contribution in [2.75, 3.05) is 55.9 Å². The van der Waals surface area contributed by atoms with Gasteiger partial charge in [0.2, 0.25) is 17.6 Å². The van der Waals surface area contributed by atoms with Crippen LogP contribution in [0.25, 0.3) is 0 Å². The summed E-state index contributed by atoms with van der Waals surface area (Å²) in [6.45, 7) is 0.677. The van der Waals surface area contributed by atoms with Gasteiger partial charge in [0.05, 0.1) is 31.4 Å². The molecule has 21 heavy (non-hydrogen) atoms. The molecular weight excluding hydrogens is 284 g/mol. The standard InChI is InChI=1S/C10H18N6O5/c11-8-7(16(19)20)9(12-1-3-17)15-10(14-8)13-2-5-21-6-4-18/h17-18H,1-6H2,(H4,11,12,13,14,15). The van der Waals surface area contributed by atoms with Gasteiger partial charge >= 0.3 is 5.69 Å². The van der Waals surface area contributed by atoms with Gasteiger partial charge < -0.3 is 31.3 Å². The van der Waals surface area contributed by atoms with E-state index in [1.54, 1.807) is 0 Å². The Balaban J connectivity index is 2.77. The zero-order valence-electron chi connectivity index (χ0n) is 11.3. The van der Waals surface area contributed by atoms with Crippen molar-refractivity contribution >= 4 is 23.3 Å². The van der Waals surface area contributed by atoms with Crippen molar-refractivity contribution in [1.82, 2.24) is 9.97 Å². The number of nitrogen functional groups attached to an aromatic ring is 1. The highest BCUT2D eigenvalue weighted by atomic mass is 16.6. The first-order valence-electron chi connectivity index (χ1n) is 6.19. The van der Waals surface area contributed by atoms with Gasteiger partial charge in [-0.3, -0.25) is 10.1 Å². The summed E-state index contributed by atoms with van der Waals surface area (Å²) in [4.78, 5) is 18.0. The van der Waals surface area contributed by atoms with Crippen molar-refractivity contribution in [2.45, 2.75) is 0 Å². The number of nitrogens with zero attached hydrogens (tertiary/aromatic N) is 3. The molecule has 0 amide bonds. The van der Waals surface area contributed by atoms with Gasteiger partial charge in [-0.15, -0.1) is 0 Å². The average Bonchev–Trinajstić information content (AvgIpc) is 2.44. The number of rotatable bonds is 10. The number of nitrogens with one attached hydrogen (secondary N) is 2. The van der Waals surface area contributed by atoms with E-state index < -0.39 is 10.6 Å². The molecule has 0 radical (unpaired) electrons. The summed E-state index contributed by atoms with van der Waals surface area (Å²) in [6.07, 6.45) is 0. The second kappa shape index (κ2) is 8.84. The van der Waals surface area contributed by atoms with Gasteiger partial charge in [0, 0.05) is 13.1 Å². The fourth-order valence-corrected chi connectivity index (χ4v) is 1.43. The predicted octanol–water partition coefficient (Wildman–Crippen LogP) is -1.21. The number of hydrogen-bond donors (Lipinski definition) is 5. The maximum absolute atomic E-state index is 10.9. The van der Waals surface area contributed by atoms with E-state index in [2.05, 4.69) is 20.6 Å². The van der Waals surface area contributed by atoms with Crippen LogP contribution in [0.2, 0.25) is 0 Å². The average molecular weight is 302 g/mol. The topological polar surface area (TPSA) is 169 Å². The van der Waals surface area contributed by atoms with Gasteiger partial charge in [-0.1, -0.05) is 0 Å². The van der Waals surface area contributed by atoms with E-state index in [1.165, 1.54) is 0 Å². The van der Waals surface area contributed by atoms with Crippen LogP contribution in [-0.4, -0.2) is 64.6 Å². The van der Waals surface area contributed by atoms with Crippen molar-refractivity contribution in [1.29, 1.82) is 0 Å². The molecule has 0 atom stereocenters. The van der Waals surface area contributed by atoms with E-state index in [4.69, 9.17) is 20.7 Å². The van der Waals surface area contributed by atoms with Crippen LogP contribution in [0.15, 0.2) is 0 Å². The largest absolute Gasteiger partial charge is 0.395 e. The predicted molar refractivity (Wildman–Crippen MR) is 75.1 cm³/mol. The first-order valence-corrected chi connectivity index (χ1v) is 6.19. The zero-order valence-corrected chi connectivity index (χ0v) is 11.3. The van der Waals surface area contributed by atoms with Gasteiger partial charge in [0.15, 0.2) is 0 Å². The number of nitrogens with two attached hydrogens (primary N) is 1. The molecule has 0 unspecified atom stereocenters. The molecule has 11 nitrogen and oxygen atoms in total. The normalized spacial score (nSPS) is 10.4. The molecule has 118 valence electrons. The molecule has 1 heterocycles. The molecule has 1 rings (SSSR count). The van der Waals surface area contributed by atoms with Crippen LogP contribution in [0, 0.1) is 10.1 Å². The minimum Gasteiger partial charge on any atom is -0.395 e. The van der Waals surface area contributed by atoms with Crippen molar-refractivity contribution in [2.24, 2.45) is 0 Å². The minimum atomic E-state index is -0.691. The molecule has 11 heteroatoms. The van der Waals surface area contributed by atoms with E-state index >= 15 is 0 Å². The molecule has 6 N–H and O–H groups in total. The van der Waals surface area contributed by atoms with E-state index in [-0.39, 0.29) is 43.9 Å². The lowest BCUT2D eigenvalue weighted by Crippen LogP contribution is -2.16. The van der Waals surface area contributed by atoms with Crippen molar-refractivity contribution in [3.8, 4) is 0 Å². The molecule has 1 aromatic rings. The minimum absolute atomic E-state index is 0.0691. The molecule has 0 saturated heterocycles. The first-order chi connectivity index (χ1) is 10.1. The lowest BCUT2D eigenvalue weighted by atomic mass is 10.4. The number of nitro groups is 1. The summed E-state index contributed by atoms with van der Waals surface area (Å²) in [5.41, 5.74) is 5.11. The number of hydrogen-bond acceptors (Lipinski definition) is 10. The summed E-state index contributed by atoms with van der Waals surface area (Å²) in [7, 11) is 0. The zero-order chi connectivity index (χ0) is 15.7. The number of aliphatic hydroxyl groups excluding tert-OH is 2. The summed E-state index contributed by atoms with van der Waals surface area (Å²) in [5, 5.41) is 33.6. The summed E-state index contributed by atoms with van der Waals surface area (Å²) in [6, 6.07) is 0. The molecule has 0 aliphatic rings. The maximum atomic E-state index is 10.9. The van der Waals surface area contributed by atoms with Crippen molar-refractivity contribution < 1.29 is 19.9 Å². The van der Waals surface area contributed by atoms with E-state index in [1.807, 2.05) is 0 Å². The van der Waals surface area contributed by atoms with Gasteiger partial charge in [-0.2, -0.15) is 9.97 Å². The fourth-order valence-electron chi connectivity index (χ4n) is 1.43. The van der Waals surface area contributed by atoms with Crippen LogP contribution in [0.5, 0.6) is 0 Å². The molecule has 0 spiro atoms. The van der Waals surface area contributed by atoms with Crippen LogP contribution in [0.1, 0.15) is 0 Å². The Hall–Kier alpha value is -2.24. The number of aromatic nitrogens is 2. The summed E-state index contributed by atoms with van der Waals surface area (Å²) in [5.74, 6) is -0.249. The number of aliphatic hydroxyl groups is 2. The van der Waals surface area contributed by atoms with E-state index in [9.17, 15) is 10.1 Å². The second-order valence-electron chi connectivity index (χ2n) is 3.80. The van der Waals surface area contributed by atoms with Crippen LogP contribution in [0.4, 0.5) is 23.3 Å². The Morgan fingerprint density at radius 1 is 1.19 bits per heavy atom. The smallest absolute Gasteiger partial charge is 0.353 e. The van der Waals surface area contributed by atoms with E-state index in [0.717, 1.165) is 0 Å². The third-order valence-corrected chi connectivity index (χ3v) is 2.26. The third-order valence-electron chi connectivity index (χ3n) is 2.26. The molecule has 0 aromatic carbocycles. The lowest BCUT2D eigenvalue weighted by molar-refractivity contribution is -0.383. The Bertz CT molecular complexity index is 471. The summed E-state index contributed by atoms with van der Waals surface area (Å²) >= 11 is 0. The monoisotopic (exact) mass is 302 g/mol. The van der Waals surface area contributed by atoms with Gasteiger partial charge in [-0.25, -0.2) is 0 Å². The quantitative estimate of drug-likeness (QED) is 0.201. The van der Waals surface area contributed by atoms with Gasteiger partial charge in [-0.05, 0) is 0 Å². The van der Waals surface area contributed by atoms with Crippen LogP contribution < -0.4 is 16.4 Å². The van der Waals surface area contributed by atoms with Gasteiger partial charge in [0.25, 0.3) is 0 Å². The molecule has 0 bridgehead atoms. The SMILES string of the molecule is Nc1nc(NCCOCCO)nc(NCCO)c1[N+](=O)[O-]. The molecule has 0 aliphatic heterocycles. The molecule has 0 saturated carbocycles. The molecule has 1 aromatic heterocycles. The number of ether oxygens (including phenoxy) is 1. The Morgan fingerprint density at radius 2 is 1.95 bits per heavy atom. The Labute approximate surface area is 120 Å². The first kappa shape index (κ1) is 16.8. The Morgan fingerprint density at radius 3 is 2.57 bits per heavy atom. The third kappa shape index (κ3) is 5.33. The maximum Gasteiger partial charge on any atom is 0.353 e. The highest BCUT2D eigenvalue weighted by Gasteiger charge is 2.22. The number of anilines is 3. The Kier molecular flexibility index (Phi) is 7.08. The fraction of sp³-hybridized carbons (Fsp3) is 0.600. The molecule has 0 aliphatic carbocycles. The molecule has 0 fully saturated rings. The highest BCUT2D eigenvalue weighted by molar-refractivity contribution is 5.69. The van der Waals surface area contributed by atoms with E-state index in [0.29, 0.717) is 13.2 Å². The highest BCUT2D eigenvalue weighted by Crippen LogP contribution is 2.28. The van der Waals surface area contributed by atoms with Gasteiger partial charge in [0.1, 0.15) is 0 Å².